The van der Waals surface area contributed by atoms with E-state index in [-0.39, 0.29) is 11.8 Å². The maximum Gasteiger partial charge on any atom is 0.266 e. The minimum Gasteiger partial charge on any atom is -0.288 e. The zero-order valence-corrected chi connectivity index (χ0v) is 21.5. The van der Waals surface area contributed by atoms with E-state index in [0.717, 1.165) is 22.3 Å². The van der Waals surface area contributed by atoms with Gasteiger partial charge in [0.05, 0.1) is 22.9 Å². The molecule has 0 bridgehead atoms. The normalized spacial score (nSPS) is 19.6. The Balaban J connectivity index is 1.49. The molecule has 168 valence electrons. The predicted octanol–water partition coefficient (Wildman–Crippen LogP) is 6.05. The van der Waals surface area contributed by atoms with Crippen molar-refractivity contribution in [3.05, 3.63) is 92.7 Å². The molecule has 2 aromatic rings. The lowest BCUT2D eigenvalue weighted by Crippen LogP contribution is -2.27. The van der Waals surface area contributed by atoms with Gasteiger partial charge in [-0.2, -0.15) is 0 Å². The van der Waals surface area contributed by atoms with E-state index in [0.29, 0.717) is 38.0 Å². The van der Waals surface area contributed by atoms with E-state index in [1.54, 1.807) is 9.80 Å². The van der Waals surface area contributed by atoms with Crippen LogP contribution in [0.2, 0.25) is 0 Å². The maximum atomic E-state index is 13.1. The fraction of sp³-hybridized carbons (Fsp3) is 0.200. The van der Waals surface area contributed by atoms with Crippen LogP contribution in [0.3, 0.4) is 0 Å². The lowest BCUT2D eigenvalue weighted by atomic mass is 10.1. The molecular weight excluding hydrogens is 489 g/mol. The average Bonchev–Trinajstić information content (AvgIpc) is 3.25. The third-order valence-corrected chi connectivity index (χ3v) is 8.56. The van der Waals surface area contributed by atoms with Crippen molar-refractivity contribution in [2.24, 2.45) is 0 Å². The van der Waals surface area contributed by atoms with Gasteiger partial charge in [-0.25, -0.2) is 0 Å². The molecule has 2 heterocycles. The van der Waals surface area contributed by atoms with Crippen LogP contribution in [0.5, 0.6) is 0 Å². The van der Waals surface area contributed by atoms with Gasteiger partial charge in [-0.1, -0.05) is 109 Å². The summed E-state index contributed by atoms with van der Waals surface area (Å²) in [6.07, 6.45) is 0.520. The lowest BCUT2D eigenvalue weighted by Gasteiger charge is -2.15. The Morgan fingerprint density at radius 2 is 1.06 bits per heavy atom. The molecule has 0 N–H and O–H groups in total. The van der Waals surface area contributed by atoms with E-state index in [1.807, 2.05) is 74.5 Å². The number of rotatable bonds is 6. The van der Waals surface area contributed by atoms with Gasteiger partial charge in [-0.15, -0.1) is 0 Å². The first-order chi connectivity index (χ1) is 15.8. The second kappa shape index (κ2) is 10.3. The third-order valence-electron chi connectivity index (χ3n) is 5.37. The van der Waals surface area contributed by atoms with Gasteiger partial charge in [0.15, 0.2) is 0 Å². The van der Waals surface area contributed by atoms with Crippen molar-refractivity contribution in [3.8, 4) is 0 Å². The molecule has 2 fully saturated rings. The molecule has 0 spiro atoms. The summed E-state index contributed by atoms with van der Waals surface area (Å²) in [7, 11) is 0. The van der Waals surface area contributed by atoms with Crippen LogP contribution in [0.25, 0.3) is 0 Å². The van der Waals surface area contributed by atoms with Gasteiger partial charge < -0.3 is 0 Å². The fourth-order valence-corrected chi connectivity index (χ4v) is 6.23. The summed E-state index contributed by atoms with van der Waals surface area (Å²) >= 11 is 13.6. The molecule has 2 aliphatic heterocycles. The summed E-state index contributed by atoms with van der Waals surface area (Å²) in [5.74, 6) is -0.147. The number of nitrogens with zero attached hydrogens (tertiary/aromatic N) is 2. The topological polar surface area (TPSA) is 40.6 Å². The van der Waals surface area contributed by atoms with E-state index < -0.39 is 0 Å². The van der Waals surface area contributed by atoms with Crippen LogP contribution in [0, 0.1) is 0 Å². The molecule has 0 radical (unpaired) electrons. The number of thioether (sulfide) groups is 2. The van der Waals surface area contributed by atoms with Crippen molar-refractivity contribution >= 4 is 68.4 Å². The molecule has 0 aliphatic carbocycles. The quantitative estimate of drug-likeness (QED) is 0.348. The molecule has 2 saturated heterocycles. The third kappa shape index (κ3) is 5.30. The van der Waals surface area contributed by atoms with Crippen molar-refractivity contribution in [2.75, 3.05) is 0 Å². The standard InChI is InChI=1S/C25H22N2O2S4/c1-16(20-22(28)26(24(30)32-20)14-18-9-5-3-6-10-18)13-17(2)21-23(29)27(25(31)33-21)15-19-11-7-4-8-12-19/h3-12H,13-15H2,1-2H3. The summed E-state index contributed by atoms with van der Waals surface area (Å²) in [6.45, 7) is 4.78. The van der Waals surface area contributed by atoms with E-state index in [2.05, 4.69) is 0 Å². The number of carbonyl (C=O) groups excluding carboxylic acids is 2. The summed E-state index contributed by atoms with van der Waals surface area (Å²) < 4.78 is 1.12. The van der Waals surface area contributed by atoms with Crippen molar-refractivity contribution in [1.82, 2.24) is 9.80 Å². The number of thiocarbonyl (C=S) groups is 2. The Labute approximate surface area is 213 Å². The predicted molar refractivity (Wildman–Crippen MR) is 144 cm³/mol. The van der Waals surface area contributed by atoms with Crippen molar-refractivity contribution in [1.29, 1.82) is 0 Å². The van der Waals surface area contributed by atoms with E-state index in [9.17, 15) is 9.59 Å². The highest BCUT2D eigenvalue weighted by Gasteiger charge is 2.35. The van der Waals surface area contributed by atoms with Gasteiger partial charge >= 0.3 is 0 Å². The maximum absolute atomic E-state index is 13.1. The van der Waals surface area contributed by atoms with Crippen LogP contribution >= 0.6 is 48.0 Å². The number of hydrogen-bond donors (Lipinski definition) is 0. The first-order valence-electron chi connectivity index (χ1n) is 10.4. The molecule has 0 unspecified atom stereocenters. The lowest BCUT2D eigenvalue weighted by molar-refractivity contribution is -0.123. The van der Waals surface area contributed by atoms with Gasteiger partial charge in [0.25, 0.3) is 11.8 Å². The monoisotopic (exact) mass is 510 g/mol. The SMILES string of the molecule is CC(CC(C)=C1SC(=S)N(Cc2ccccc2)C1=O)=C1SC(=S)N(Cc2ccccc2)C1=O. The number of amides is 2. The average molecular weight is 511 g/mol. The van der Waals surface area contributed by atoms with Crippen molar-refractivity contribution < 1.29 is 9.59 Å². The molecule has 4 rings (SSSR count). The Morgan fingerprint density at radius 3 is 1.42 bits per heavy atom. The summed E-state index contributed by atoms with van der Waals surface area (Å²) in [4.78, 5) is 30.7. The Morgan fingerprint density at radius 1 is 0.697 bits per heavy atom. The first kappa shape index (κ1) is 23.9. The van der Waals surface area contributed by atoms with E-state index in [4.69, 9.17) is 24.4 Å². The summed E-state index contributed by atoms with van der Waals surface area (Å²) in [5, 5.41) is 0. The van der Waals surface area contributed by atoms with E-state index in [1.165, 1.54) is 23.5 Å². The second-order valence-electron chi connectivity index (χ2n) is 7.89. The zero-order chi connectivity index (χ0) is 23.5. The molecule has 8 heteroatoms. The van der Waals surface area contributed by atoms with Crippen molar-refractivity contribution in [2.45, 2.75) is 33.4 Å². The molecular formula is C25H22N2O2S4. The first-order valence-corrected chi connectivity index (χ1v) is 12.8. The number of allylic oxidation sites excluding steroid dienone is 2. The van der Waals surface area contributed by atoms with Gasteiger partial charge in [0, 0.05) is 0 Å². The van der Waals surface area contributed by atoms with Crippen LogP contribution in [0.1, 0.15) is 31.4 Å². The van der Waals surface area contributed by atoms with Crippen LogP contribution < -0.4 is 0 Å². The molecule has 2 aliphatic rings. The van der Waals surface area contributed by atoms with Gasteiger partial charge in [-0.05, 0) is 42.5 Å². The molecule has 4 nitrogen and oxygen atoms in total. The smallest absolute Gasteiger partial charge is 0.266 e. The zero-order valence-electron chi connectivity index (χ0n) is 18.2. The van der Waals surface area contributed by atoms with Crippen LogP contribution in [0.15, 0.2) is 81.6 Å². The summed E-state index contributed by atoms with van der Waals surface area (Å²) in [5.41, 5.74) is 3.89. The van der Waals surface area contributed by atoms with Crippen molar-refractivity contribution in [3.63, 3.8) is 0 Å². The number of carbonyl (C=O) groups is 2. The summed E-state index contributed by atoms with van der Waals surface area (Å²) in [6, 6.07) is 19.6. The minimum absolute atomic E-state index is 0.0734. The van der Waals surface area contributed by atoms with Crippen LogP contribution in [-0.4, -0.2) is 30.3 Å². The largest absolute Gasteiger partial charge is 0.288 e. The van der Waals surface area contributed by atoms with Gasteiger partial charge in [-0.3, -0.25) is 19.4 Å². The highest BCUT2D eigenvalue weighted by atomic mass is 32.2. The number of benzene rings is 2. The fourth-order valence-electron chi connectivity index (χ4n) is 3.69. The highest BCUT2D eigenvalue weighted by Crippen LogP contribution is 2.39. The Kier molecular flexibility index (Phi) is 7.48. The molecule has 2 aromatic carbocycles. The molecule has 2 amide bonds. The van der Waals surface area contributed by atoms with Gasteiger partial charge in [0.2, 0.25) is 0 Å². The minimum atomic E-state index is -0.0734. The van der Waals surface area contributed by atoms with Gasteiger partial charge in [0.1, 0.15) is 8.64 Å². The molecule has 0 aromatic heterocycles. The molecule has 0 saturated carbocycles. The Bertz CT molecular complexity index is 1100. The molecule has 33 heavy (non-hydrogen) atoms. The highest BCUT2D eigenvalue weighted by molar-refractivity contribution is 8.27. The van der Waals surface area contributed by atoms with Crippen LogP contribution in [0.4, 0.5) is 0 Å². The van der Waals surface area contributed by atoms with Crippen LogP contribution in [-0.2, 0) is 22.7 Å². The Hall–Kier alpha value is -2.26. The van der Waals surface area contributed by atoms with E-state index >= 15 is 0 Å². The molecule has 0 atom stereocenters. The number of hydrogen-bond acceptors (Lipinski definition) is 6. The second-order valence-corrected chi connectivity index (χ2v) is 11.2.